The van der Waals surface area contributed by atoms with Gasteiger partial charge in [-0.2, -0.15) is 5.10 Å². The zero-order chi connectivity index (χ0) is 25.4. The molecule has 1 atom stereocenters. The summed E-state index contributed by atoms with van der Waals surface area (Å²) in [6.07, 6.45) is 7.55. The highest BCUT2D eigenvalue weighted by Gasteiger charge is 2.28. The number of halogens is 1. The number of carbonyl (C=O) groups excluding carboxylic acids is 2. The summed E-state index contributed by atoms with van der Waals surface area (Å²) in [5, 5.41) is 13.7. The largest absolute Gasteiger partial charge is 0.403 e. The van der Waals surface area contributed by atoms with E-state index in [0.29, 0.717) is 11.3 Å². The van der Waals surface area contributed by atoms with Crippen LogP contribution in [0.3, 0.4) is 0 Å². The second-order valence-corrected chi connectivity index (χ2v) is 10.1. The Morgan fingerprint density at radius 1 is 1.24 bits per heavy atom. The topological polar surface area (TPSA) is 120 Å². The molecule has 0 aliphatic carbocycles. The Hall–Kier alpha value is -3.39. The number of aryl methyl sites for hydroxylation is 2. The summed E-state index contributed by atoms with van der Waals surface area (Å²) in [5.41, 5.74) is 0.901. The number of hydrogen-bond acceptors (Lipinski definition) is 7. The molecule has 0 radical (unpaired) electrons. The predicted molar refractivity (Wildman–Crippen MR) is 125 cm³/mol. The number of rotatable bonds is 7. The Morgan fingerprint density at radius 3 is 2.47 bits per heavy atom. The second kappa shape index (κ2) is 9.46. The van der Waals surface area contributed by atoms with Gasteiger partial charge in [0.15, 0.2) is 9.84 Å². The molecule has 34 heavy (non-hydrogen) atoms. The third-order valence-corrected chi connectivity index (χ3v) is 6.97. The second-order valence-electron chi connectivity index (χ2n) is 7.69. The van der Waals surface area contributed by atoms with Gasteiger partial charge in [0.1, 0.15) is 11.7 Å². The van der Waals surface area contributed by atoms with E-state index >= 15 is 0 Å². The number of ketones is 1. The third-order valence-electron chi connectivity index (χ3n) is 5.36. The van der Waals surface area contributed by atoms with E-state index in [0.717, 1.165) is 6.26 Å². The number of esters is 1. The van der Waals surface area contributed by atoms with E-state index in [-0.39, 0.29) is 38.9 Å². The van der Waals surface area contributed by atoms with E-state index in [4.69, 9.17) is 22.8 Å². The molecule has 1 N–H and O–H groups in total. The van der Waals surface area contributed by atoms with Crippen LogP contribution >= 0.6 is 11.6 Å². The first-order valence-electron chi connectivity index (χ1n) is 9.93. The average molecular weight is 504 g/mol. The first-order chi connectivity index (χ1) is 15.9. The van der Waals surface area contributed by atoms with Crippen LogP contribution in [0.25, 0.3) is 0 Å². The van der Waals surface area contributed by atoms with E-state index < -0.39 is 27.7 Å². The predicted octanol–water partition coefficient (Wildman–Crippen LogP) is 2.11. The molecular weight excluding hydrogens is 482 g/mol. The minimum absolute atomic E-state index is 0.0165. The van der Waals surface area contributed by atoms with Crippen LogP contribution < -0.4 is 4.74 Å². The molecule has 11 heteroatoms. The van der Waals surface area contributed by atoms with Crippen LogP contribution in [-0.2, 0) is 30.4 Å². The molecule has 3 aromatic rings. The highest BCUT2D eigenvalue weighted by Crippen LogP contribution is 2.32. The van der Waals surface area contributed by atoms with Gasteiger partial charge in [0.05, 0.1) is 21.7 Å². The fraction of sp³-hybridized carbons (Fsp3) is 0.261. The van der Waals surface area contributed by atoms with Crippen LogP contribution in [0.4, 0.5) is 0 Å². The lowest BCUT2D eigenvalue weighted by Crippen LogP contribution is -2.16. The molecule has 0 saturated heterocycles. The summed E-state index contributed by atoms with van der Waals surface area (Å²) in [4.78, 5) is 25.9. The van der Waals surface area contributed by atoms with E-state index in [9.17, 15) is 23.1 Å². The first-order valence-corrected chi connectivity index (χ1v) is 12.2. The molecule has 0 amide bonds. The van der Waals surface area contributed by atoms with E-state index in [2.05, 4.69) is 11.0 Å². The van der Waals surface area contributed by atoms with E-state index in [1.165, 1.54) is 30.1 Å². The van der Waals surface area contributed by atoms with Crippen molar-refractivity contribution in [1.82, 2.24) is 14.3 Å². The van der Waals surface area contributed by atoms with Crippen molar-refractivity contribution in [3.63, 3.8) is 0 Å². The SMILES string of the molecule is C#CC(O)Cc1c(S(C)(=O)=O)ccc(C(=O)c2cnn(C)c2OC(=O)c2ccn(C)c2C)c1Cl. The van der Waals surface area contributed by atoms with Crippen LogP contribution in [0.5, 0.6) is 5.88 Å². The van der Waals surface area contributed by atoms with Gasteiger partial charge in [-0.05, 0) is 30.7 Å². The third kappa shape index (κ3) is 4.77. The van der Waals surface area contributed by atoms with Gasteiger partial charge in [-0.25, -0.2) is 17.9 Å². The van der Waals surface area contributed by atoms with Gasteiger partial charge in [-0.1, -0.05) is 17.5 Å². The molecule has 178 valence electrons. The monoisotopic (exact) mass is 503 g/mol. The maximum absolute atomic E-state index is 13.4. The minimum atomic E-state index is -3.73. The number of ether oxygens (including phenoxy) is 1. The number of aliphatic hydroxyl groups excluding tert-OH is 1. The minimum Gasteiger partial charge on any atom is -0.403 e. The first kappa shape index (κ1) is 25.2. The highest BCUT2D eigenvalue weighted by molar-refractivity contribution is 7.90. The fourth-order valence-electron chi connectivity index (χ4n) is 3.38. The van der Waals surface area contributed by atoms with Gasteiger partial charge < -0.3 is 14.4 Å². The lowest BCUT2D eigenvalue weighted by atomic mass is 10.00. The summed E-state index contributed by atoms with van der Waals surface area (Å²) >= 11 is 6.45. The number of terminal acetylenes is 1. The number of aliphatic hydroxyl groups is 1. The van der Waals surface area contributed by atoms with Crippen LogP contribution in [0.1, 0.15) is 37.5 Å². The van der Waals surface area contributed by atoms with Crippen molar-refractivity contribution >= 4 is 33.2 Å². The molecule has 0 aliphatic heterocycles. The maximum atomic E-state index is 13.4. The normalized spacial score (nSPS) is 12.3. The molecule has 9 nitrogen and oxygen atoms in total. The van der Waals surface area contributed by atoms with Gasteiger partial charge in [0.25, 0.3) is 0 Å². The molecule has 0 aliphatic rings. The maximum Gasteiger partial charge on any atom is 0.346 e. The van der Waals surface area contributed by atoms with Gasteiger partial charge >= 0.3 is 5.97 Å². The molecule has 1 unspecified atom stereocenters. The summed E-state index contributed by atoms with van der Waals surface area (Å²) in [6, 6.07) is 4.08. The van der Waals surface area contributed by atoms with E-state index in [1.807, 2.05) is 0 Å². The van der Waals surface area contributed by atoms with Crippen molar-refractivity contribution in [1.29, 1.82) is 0 Å². The molecule has 2 aromatic heterocycles. The highest BCUT2D eigenvalue weighted by atomic mass is 35.5. The summed E-state index contributed by atoms with van der Waals surface area (Å²) in [6.45, 7) is 1.75. The number of nitrogens with zero attached hydrogens (tertiary/aromatic N) is 3. The average Bonchev–Trinajstić information content (AvgIpc) is 3.30. The lowest BCUT2D eigenvalue weighted by molar-refractivity contribution is 0.0717. The fourth-order valence-corrected chi connectivity index (χ4v) is 4.72. The van der Waals surface area contributed by atoms with Gasteiger partial charge in [0, 0.05) is 44.2 Å². The molecule has 1 aromatic carbocycles. The Balaban J connectivity index is 2.06. The van der Waals surface area contributed by atoms with Crippen molar-refractivity contribution in [2.24, 2.45) is 14.1 Å². The van der Waals surface area contributed by atoms with Gasteiger partial charge in [-0.3, -0.25) is 4.79 Å². The molecule has 3 rings (SSSR count). The zero-order valence-electron chi connectivity index (χ0n) is 18.9. The standard InChI is InChI=1S/C23H22ClN3O6S/c1-6-14(28)11-17-19(34(5,31)32)8-7-16(20(17)24)21(29)18-12-25-27(4)22(18)33-23(30)15-9-10-26(3)13(15)2/h1,7-10,12,14,28H,11H2,2-5H3. The van der Waals surface area contributed by atoms with Crippen LogP contribution in [0.2, 0.25) is 5.02 Å². The van der Waals surface area contributed by atoms with Crippen molar-refractivity contribution in [2.75, 3.05) is 6.26 Å². The molecule has 2 heterocycles. The summed E-state index contributed by atoms with van der Waals surface area (Å²) < 4.78 is 32.9. The smallest absolute Gasteiger partial charge is 0.346 e. The summed E-state index contributed by atoms with van der Waals surface area (Å²) in [7, 11) is -0.453. The van der Waals surface area contributed by atoms with Crippen LogP contribution in [0.15, 0.2) is 35.5 Å². The van der Waals surface area contributed by atoms with E-state index in [1.54, 1.807) is 30.8 Å². The Bertz CT molecular complexity index is 1450. The zero-order valence-corrected chi connectivity index (χ0v) is 20.4. The Kier molecular flexibility index (Phi) is 7.02. The molecular formula is C23H22ClN3O6S. The molecule has 0 spiro atoms. The lowest BCUT2D eigenvalue weighted by Gasteiger charge is -2.15. The van der Waals surface area contributed by atoms with Crippen molar-refractivity contribution < 1.29 is 27.9 Å². The Morgan fingerprint density at radius 2 is 1.91 bits per heavy atom. The number of hydrogen-bond donors (Lipinski definition) is 1. The van der Waals surface area contributed by atoms with Crippen LogP contribution in [0, 0.1) is 19.3 Å². The number of carbonyl (C=O) groups is 2. The number of aromatic nitrogens is 3. The van der Waals surface area contributed by atoms with Crippen LogP contribution in [-0.4, -0.2) is 52.0 Å². The molecule has 0 bridgehead atoms. The summed E-state index contributed by atoms with van der Waals surface area (Å²) in [5.74, 6) is 0.671. The number of benzene rings is 1. The van der Waals surface area contributed by atoms with Gasteiger partial charge in [0.2, 0.25) is 11.7 Å². The quantitative estimate of drug-likeness (QED) is 0.298. The van der Waals surface area contributed by atoms with Crippen molar-refractivity contribution in [3.8, 4) is 18.2 Å². The Labute approximate surface area is 201 Å². The molecule has 0 fully saturated rings. The van der Waals surface area contributed by atoms with Gasteiger partial charge in [-0.15, -0.1) is 6.42 Å². The molecule has 0 saturated carbocycles. The number of sulfone groups is 1. The van der Waals surface area contributed by atoms with Crippen molar-refractivity contribution in [3.05, 3.63) is 63.6 Å². The van der Waals surface area contributed by atoms with Crippen molar-refractivity contribution in [2.45, 2.75) is 24.3 Å².